The van der Waals surface area contributed by atoms with Gasteiger partial charge in [-0.2, -0.15) is 0 Å². The Balaban J connectivity index is 0.00000176. The summed E-state index contributed by atoms with van der Waals surface area (Å²) in [4.78, 5) is 14.3. The quantitative estimate of drug-likeness (QED) is 0.901. The van der Waals surface area contributed by atoms with Crippen LogP contribution in [0, 0.1) is 5.92 Å². The normalized spacial score (nSPS) is 18.9. The molecule has 2 heterocycles. The van der Waals surface area contributed by atoms with E-state index in [1.54, 1.807) is 0 Å². The molecule has 3 rings (SSSR count). The van der Waals surface area contributed by atoms with Crippen molar-refractivity contribution in [3.05, 3.63) is 23.8 Å². The van der Waals surface area contributed by atoms with Crippen LogP contribution in [0.2, 0.25) is 0 Å². The number of hydrogen-bond donors (Lipinski definition) is 1. The Hall–Kier alpha value is -1.46. The van der Waals surface area contributed by atoms with Crippen molar-refractivity contribution < 1.29 is 14.3 Å². The molecule has 0 radical (unpaired) electrons. The van der Waals surface area contributed by atoms with E-state index in [0.717, 1.165) is 43.1 Å². The van der Waals surface area contributed by atoms with Crippen LogP contribution in [-0.2, 0) is 11.3 Å². The molecule has 1 N–H and O–H groups in total. The zero-order chi connectivity index (χ0) is 14.7. The van der Waals surface area contributed by atoms with Gasteiger partial charge in [-0.3, -0.25) is 4.79 Å². The zero-order valence-corrected chi connectivity index (χ0v) is 13.7. The molecule has 1 atom stereocenters. The van der Waals surface area contributed by atoms with Gasteiger partial charge >= 0.3 is 0 Å². The number of benzene rings is 1. The first-order valence-corrected chi connectivity index (χ1v) is 7.63. The highest BCUT2D eigenvalue weighted by Crippen LogP contribution is 2.32. The Kier molecular flexibility index (Phi) is 5.91. The number of fused-ring (bicyclic) bond motifs is 1. The molecule has 6 heteroatoms. The molecule has 22 heavy (non-hydrogen) atoms. The van der Waals surface area contributed by atoms with Crippen LogP contribution in [-0.4, -0.2) is 37.2 Å². The largest absolute Gasteiger partial charge is 0.454 e. The van der Waals surface area contributed by atoms with E-state index in [1.807, 2.05) is 30.0 Å². The maximum absolute atomic E-state index is 12.4. The van der Waals surface area contributed by atoms with Gasteiger partial charge in [-0.05, 0) is 50.0 Å². The molecule has 1 fully saturated rings. The van der Waals surface area contributed by atoms with Crippen LogP contribution in [0.3, 0.4) is 0 Å². The predicted octanol–water partition coefficient (Wildman–Crippen LogP) is 2.19. The summed E-state index contributed by atoms with van der Waals surface area (Å²) in [5, 5.41) is 3.31. The molecule has 0 saturated carbocycles. The lowest BCUT2D eigenvalue weighted by Crippen LogP contribution is -2.32. The van der Waals surface area contributed by atoms with Gasteiger partial charge in [0.05, 0.1) is 0 Å². The van der Waals surface area contributed by atoms with E-state index >= 15 is 0 Å². The van der Waals surface area contributed by atoms with Gasteiger partial charge in [-0.1, -0.05) is 6.07 Å². The third-order valence-corrected chi connectivity index (χ3v) is 4.17. The zero-order valence-electron chi connectivity index (χ0n) is 12.8. The molecular weight excluding hydrogens is 304 g/mol. The molecule has 2 aliphatic heterocycles. The number of carbonyl (C=O) groups is 1. The van der Waals surface area contributed by atoms with Crippen molar-refractivity contribution in [2.45, 2.75) is 26.3 Å². The van der Waals surface area contributed by atoms with Crippen LogP contribution in [0.1, 0.15) is 25.3 Å². The first kappa shape index (κ1) is 16.9. The maximum Gasteiger partial charge on any atom is 0.231 e. The van der Waals surface area contributed by atoms with Crippen molar-refractivity contribution in [2.75, 3.05) is 26.4 Å². The van der Waals surface area contributed by atoms with Gasteiger partial charge in [0.2, 0.25) is 12.7 Å². The van der Waals surface area contributed by atoms with E-state index in [1.165, 1.54) is 0 Å². The van der Waals surface area contributed by atoms with Crippen molar-refractivity contribution in [3.63, 3.8) is 0 Å². The lowest BCUT2D eigenvalue weighted by Gasteiger charge is -2.22. The summed E-state index contributed by atoms with van der Waals surface area (Å²) in [6, 6.07) is 5.88. The van der Waals surface area contributed by atoms with E-state index in [4.69, 9.17) is 9.47 Å². The third kappa shape index (κ3) is 3.84. The summed E-state index contributed by atoms with van der Waals surface area (Å²) >= 11 is 0. The minimum atomic E-state index is 0. The Morgan fingerprint density at radius 3 is 2.91 bits per heavy atom. The van der Waals surface area contributed by atoms with Crippen LogP contribution in [0.5, 0.6) is 11.5 Å². The summed E-state index contributed by atoms with van der Waals surface area (Å²) in [5.74, 6) is 2.29. The van der Waals surface area contributed by atoms with Crippen molar-refractivity contribution >= 4 is 18.3 Å². The number of nitrogens with one attached hydrogen (secondary N) is 1. The smallest absolute Gasteiger partial charge is 0.231 e. The van der Waals surface area contributed by atoms with E-state index in [-0.39, 0.29) is 25.1 Å². The Labute approximate surface area is 137 Å². The SMILES string of the molecule is CCN(Cc1ccc2c(c1)OCO2)C(=O)CC1CCNC1.Cl. The Morgan fingerprint density at radius 2 is 2.18 bits per heavy atom. The number of ether oxygens (including phenoxy) is 2. The fourth-order valence-corrected chi connectivity index (χ4v) is 2.90. The Bertz CT molecular complexity index is 518. The highest BCUT2D eigenvalue weighted by Gasteiger charge is 2.22. The molecule has 1 saturated heterocycles. The van der Waals surface area contributed by atoms with Gasteiger partial charge in [0.15, 0.2) is 11.5 Å². The first-order valence-electron chi connectivity index (χ1n) is 7.63. The number of rotatable bonds is 5. The van der Waals surface area contributed by atoms with E-state index in [0.29, 0.717) is 18.9 Å². The van der Waals surface area contributed by atoms with Crippen LogP contribution in [0.25, 0.3) is 0 Å². The molecule has 1 unspecified atom stereocenters. The average Bonchev–Trinajstić information content (AvgIpc) is 3.14. The van der Waals surface area contributed by atoms with Crippen LogP contribution >= 0.6 is 12.4 Å². The van der Waals surface area contributed by atoms with Crippen LogP contribution in [0.15, 0.2) is 18.2 Å². The predicted molar refractivity (Wildman–Crippen MR) is 86.5 cm³/mol. The molecule has 0 aromatic heterocycles. The van der Waals surface area contributed by atoms with Crippen LogP contribution < -0.4 is 14.8 Å². The summed E-state index contributed by atoms with van der Waals surface area (Å²) < 4.78 is 10.7. The van der Waals surface area contributed by atoms with Gasteiger partial charge in [0.1, 0.15) is 0 Å². The first-order chi connectivity index (χ1) is 10.3. The topological polar surface area (TPSA) is 50.8 Å². The molecule has 5 nitrogen and oxygen atoms in total. The number of amides is 1. The van der Waals surface area contributed by atoms with Gasteiger partial charge in [0, 0.05) is 19.5 Å². The molecule has 1 aromatic carbocycles. The molecule has 122 valence electrons. The molecule has 0 aliphatic carbocycles. The average molecular weight is 327 g/mol. The fourth-order valence-electron chi connectivity index (χ4n) is 2.90. The monoisotopic (exact) mass is 326 g/mol. The van der Waals surface area contributed by atoms with Gasteiger partial charge in [0.25, 0.3) is 0 Å². The number of hydrogen-bond acceptors (Lipinski definition) is 4. The molecule has 0 bridgehead atoms. The van der Waals surface area contributed by atoms with Gasteiger partial charge in [-0.15, -0.1) is 12.4 Å². The van der Waals surface area contributed by atoms with Crippen molar-refractivity contribution in [2.24, 2.45) is 5.92 Å². The molecule has 2 aliphatic rings. The maximum atomic E-state index is 12.4. The minimum absolute atomic E-state index is 0. The second-order valence-corrected chi connectivity index (χ2v) is 5.66. The van der Waals surface area contributed by atoms with Crippen molar-refractivity contribution in [3.8, 4) is 11.5 Å². The molecule has 1 amide bonds. The summed E-state index contributed by atoms with van der Waals surface area (Å²) in [7, 11) is 0. The van der Waals surface area contributed by atoms with Gasteiger partial charge < -0.3 is 19.7 Å². The van der Waals surface area contributed by atoms with Crippen molar-refractivity contribution in [1.82, 2.24) is 10.2 Å². The summed E-state index contributed by atoms with van der Waals surface area (Å²) in [6.45, 7) is 5.67. The third-order valence-electron chi connectivity index (χ3n) is 4.17. The highest BCUT2D eigenvalue weighted by molar-refractivity contribution is 5.85. The number of nitrogens with zero attached hydrogens (tertiary/aromatic N) is 1. The number of carbonyl (C=O) groups excluding carboxylic acids is 1. The van der Waals surface area contributed by atoms with Crippen LogP contribution in [0.4, 0.5) is 0 Å². The number of halogens is 1. The van der Waals surface area contributed by atoms with Crippen molar-refractivity contribution in [1.29, 1.82) is 0 Å². The highest BCUT2D eigenvalue weighted by atomic mass is 35.5. The van der Waals surface area contributed by atoms with Gasteiger partial charge in [-0.25, -0.2) is 0 Å². The fraction of sp³-hybridized carbons (Fsp3) is 0.562. The Morgan fingerprint density at radius 1 is 1.36 bits per heavy atom. The standard InChI is InChI=1S/C16H22N2O3.ClH/c1-2-18(16(19)8-12-5-6-17-9-12)10-13-3-4-14-15(7-13)21-11-20-14;/h3-4,7,12,17H,2,5-6,8-11H2,1H3;1H. The summed E-state index contributed by atoms with van der Waals surface area (Å²) in [5.41, 5.74) is 1.08. The van der Waals surface area contributed by atoms with E-state index in [2.05, 4.69) is 5.32 Å². The van der Waals surface area contributed by atoms with E-state index in [9.17, 15) is 4.79 Å². The second-order valence-electron chi connectivity index (χ2n) is 5.66. The molecule has 1 aromatic rings. The second kappa shape index (κ2) is 7.70. The lowest BCUT2D eigenvalue weighted by molar-refractivity contribution is -0.132. The summed E-state index contributed by atoms with van der Waals surface area (Å²) in [6.07, 6.45) is 1.75. The molecular formula is C16H23ClN2O3. The minimum Gasteiger partial charge on any atom is -0.454 e. The lowest BCUT2D eigenvalue weighted by atomic mass is 10.0. The van der Waals surface area contributed by atoms with E-state index < -0.39 is 0 Å². The molecule has 0 spiro atoms.